The van der Waals surface area contributed by atoms with Gasteiger partial charge in [-0.25, -0.2) is 17.8 Å². The van der Waals surface area contributed by atoms with E-state index in [1.165, 1.54) is 24.3 Å². The Bertz CT molecular complexity index is 1120. The fraction of sp³-hybridized carbons (Fsp3) is 0.150. The van der Waals surface area contributed by atoms with Gasteiger partial charge in [0.1, 0.15) is 11.6 Å². The molecule has 1 aromatic heterocycles. The zero-order chi connectivity index (χ0) is 21.8. The van der Waals surface area contributed by atoms with E-state index in [-0.39, 0.29) is 24.8 Å². The van der Waals surface area contributed by atoms with Crippen LogP contribution in [0.25, 0.3) is 0 Å². The highest BCUT2D eigenvalue weighted by atomic mass is 32.2. The highest BCUT2D eigenvalue weighted by molar-refractivity contribution is 7.92. The van der Waals surface area contributed by atoms with Gasteiger partial charge in [-0.05, 0) is 48.0 Å². The molecule has 0 radical (unpaired) electrons. The molecule has 0 saturated carbocycles. The zero-order valence-electron chi connectivity index (χ0n) is 15.4. The van der Waals surface area contributed by atoms with Gasteiger partial charge >= 0.3 is 6.18 Å². The topological polar surface area (TPSA) is 68.3 Å². The molecule has 0 aliphatic carbocycles. The average molecular weight is 440 g/mol. The van der Waals surface area contributed by atoms with Crippen LogP contribution in [-0.4, -0.2) is 13.4 Å². The predicted octanol–water partition coefficient (Wildman–Crippen LogP) is 4.76. The van der Waals surface area contributed by atoms with Crippen molar-refractivity contribution < 1.29 is 30.7 Å². The monoisotopic (exact) mass is 440 g/mol. The third kappa shape index (κ3) is 5.77. The number of aromatic nitrogens is 1. The van der Waals surface area contributed by atoms with Crippen LogP contribution < -0.4 is 4.72 Å². The van der Waals surface area contributed by atoms with E-state index in [2.05, 4.69) is 9.71 Å². The molecule has 0 saturated heterocycles. The molecule has 3 aromatic rings. The number of hydrogen-bond acceptors (Lipinski definition) is 4. The summed E-state index contributed by atoms with van der Waals surface area (Å²) in [5, 5.41) is 0. The zero-order valence-corrected chi connectivity index (χ0v) is 16.2. The minimum Gasteiger partial charge on any atom is -0.370 e. The van der Waals surface area contributed by atoms with E-state index in [0.717, 1.165) is 23.8 Å². The van der Waals surface area contributed by atoms with Crippen LogP contribution in [0.1, 0.15) is 16.8 Å². The highest BCUT2D eigenvalue weighted by Gasteiger charge is 2.31. The van der Waals surface area contributed by atoms with Gasteiger partial charge in [0.25, 0.3) is 10.0 Å². The minimum absolute atomic E-state index is 0.0521. The van der Waals surface area contributed by atoms with Gasteiger partial charge in [-0.3, -0.25) is 4.72 Å². The summed E-state index contributed by atoms with van der Waals surface area (Å²) < 4.78 is 83.9. The van der Waals surface area contributed by atoms with Gasteiger partial charge in [0, 0.05) is 0 Å². The van der Waals surface area contributed by atoms with E-state index >= 15 is 0 Å². The first-order chi connectivity index (χ1) is 14.1. The summed E-state index contributed by atoms with van der Waals surface area (Å²) >= 11 is 0. The first kappa shape index (κ1) is 21.7. The van der Waals surface area contributed by atoms with Gasteiger partial charge in [-0.15, -0.1) is 0 Å². The molecule has 0 unspecified atom stereocenters. The number of benzene rings is 2. The molecule has 3 rings (SSSR count). The molecule has 5 nitrogen and oxygen atoms in total. The number of hydrogen-bond donors (Lipinski definition) is 1. The molecular weight excluding hydrogens is 424 g/mol. The van der Waals surface area contributed by atoms with E-state index in [4.69, 9.17) is 4.74 Å². The van der Waals surface area contributed by atoms with E-state index in [0.29, 0.717) is 11.8 Å². The molecule has 0 bridgehead atoms. The number of rotatable bonds is 7. The van der Waals surface area contributed by atoms with Gasteiger partial charge in [0.15, 0.2) is 0 Å². The van der Waals surface area contributed by atoms with Crippen LogP contribution >= 0.6 is 0 Å². The highest BCUT2D eigenvalue weighted by Crippen LogP contribution is 2.30. The van der Waals surface area contributed by atoms with Crippen LogP contribution in [0.15, 0.2) is 71.6 Å². The van der Waals surface area contributed by atoms with Crippen molar-refractivity contribution in [3.8, 4) is 0 Å². The third-order valence-corrected chi connectivity index (χ3v) is 5.30. The van der Waals surface area contributed by atoms with Crippen molar-refractivity contribution in [2.75, 3.05) is 4.72 Å². The van der Waals surface area contributed by atoms with Crippen molar-refractivity contribution in [3.63, 3.8) is 0 Å². The second-order valence-electron chi connectivity index (χ2n) is 6.26. The van der Waals surface area contributed by atoms with Crippen molar-refractivity contribution in [1.82, 2.24) is 4.98 Å². The number of halogens is 4. The van der Waals surface area contributed by atoms with Crippen LogP contribution in [-0.2, 0) is 34.2 Å². The third-order valence-electron chi connectivity index (χ3n) is 3.95. The lowest BCUT2D eigenvalue weighted by Crippen LogP contribution is -2.15. The Labute approximate surface area is 170 Å². The molecule has 0 atom stereocenters. The second-order valence-corrected chi connectivity index (χ2v) is 7.95. The predicted molar refractivity (Wildman–Crippen MR) is 101 cm³/mol. The van der Waals surface area contributed by atoms with E-state index in [1.54, 1.807) is 18.2 Å². The number of sulfonamides is 1. The maximum atomic E-state index is 12.9. The van der Waals surface area contributed by atoms with E-state index in [1.807, 2.05) is 0 Å². The van der Waals surface area contributed by atoms with Gasteiger partial charge in [-0.2, -0.15) is 13.2 Å². The van der Waals surface area contributed by atoms with Gasteiger partial charge in [0.2, 0.25) is 0 Å². The van der Waals surface area contributed by atoms with Crippen LogP contribution in [0.3, 0.4) is 0 Å². The molecule has 0 amide bonds. The molecule has 0 aliphatic rings. The van der Waals surface area contributed by atoms with Crippen molar-refractivity contribution in [3.05, 3.63) is 89.4 Å². The number of nitrogens with one attached hydrogen (secondary N) is 1. The number of nitrogens with zero attached hydrogens (tertiary/aromatic N) is 1. The Hall–Kier alpha value is -2.98. The number of pyridine rings is 1. The number of ether oxygens (including phenoxy) is 1. The maximum absolute atomic E-state index is 12.9. The molecule has 10 heteroatoms. The molecule has 30 heavy (non-hydrogen) atoms. The molecule has 1 heterocycles. The number of alkyl halides is 3. The van der Waals surface area contributed by atoms with Crippen molar-refractivity contribution in [1.29, 1.82) is 0 Å². The lowest BCUT2D eigenvalue weighted by molar-refractivity contribution is -0.137. The fourth-order valence-electron chi connectivity index (χ4n) is 2.51. The average Bonchev–Trinajstić information content (AvgIpc) is 2.69. The summed E-state index contributed by atoms with van der Waals surface area (Å²) in [4.78, 5) is 3.57. The van der Waals surface area contributed by atoms with Crippen molar-refractivity contribution >= 4 is 15.8 Å². The van der Waals surface area contributed by atoms with Gasteiger partial charge in [-0.1, -0.05) is 24.3 Å². The quantitative estimate of drug-likeness (QED) is 0.538. The molecule has 2 aromatic carbocycles. The van der Waals surface area contributed by atoms with Gasteiger partial charge < -0.3 is 4.74 Å². The summed E-state index contributed by atoms with van der Waals surface area (Å²) in [6.07, 6.45) is -4.66. The van der Waals surface area contributed by atoms with Crippen LogP contribution in [0, 0.1) is 5.82 Å². The molecule has 0 aliphatic heterocycles. The summed E-state index contributed by atoms with van der Waals surface area (Å²) in [6.45, 7) is 0.249. The molecule has 1 N–H and O–H groups in total. The maximum Gasteiger partial charge on any atom is 0.416 e. The Morgan fingerprint density at radius 1 is 0.933 bits per heavy atom. The lowest BCUT2D eigenvalue weighted by atomic mass is 10.2. The summed E-state index contributed by atoms with van der Waals surface area (Å²) in [6, 6.07) is 13.7. The minimum atomic E-state index is -4.66. The van der Waals surface area contributed by atoms with Crippen LogP contribution in [0.2, 0.25) is 0 Å². The fourth-order valence-corrected chi connectivity index (χ4v) is 3.55. The summed E-state index contributed by atoms with van der Waals surface area (Å²) in [5.74, 6) is -0.420. The van der Waals surface area contributed by atoms with Crippen LogP contribution in [0.4, 0.5) is 23.4 Å². The first-order valence-electron chi connectivity index (χ1n) is 8.62. The van der Waals surface area contributed by atoms with Gasteiger partial charge in [0.05, 0.1) is 29.4 Å². The second kappa shape index (κ2) is 8.80. The Morgan fingerprint density at radius 2 is 1.63 bits per heavy atom. The normalized spacial score (nSPS) is 12.0. The SMILES string of the molecule is O=S(=O)(Nc1cccc(COCc2ccc(F)cc2)n1)c1cccc(C(F)(F)F)c1. The standard InChI is InChI=1S/C20H16F4N2O3S/c21-16-9-7-14(8-10-16)12-29-13-17-4-2-6-19(25-17)26-30(27,28)18-5-1-3-15(11-18)20(22,23)24/h1-11H,12-13H2,(H,25,26). The summed E-state index contributed by atoms with van der Waals surface area (Å²) in [7, 11) is -4.27. The van der Waals surface area contributed by atoms with E-state index < -0.39 is 26.7 Å². The molecule has 0 fully saturated rings. The van der Waals surface area contributed by atoms with Crippen LogP contribution in [0.5, 0.6) is 0 Å². The van der Waals surface area contributed by atoms with Crippen molar-refractivity contribution in [2.24, 2.45) is 0 Å². The largest absolute Gasteiger partial charge is 0.416 e. The Morgan fingerprint density at radius 3 is 2.33 bits per heavy atom. The molecule has 0 spiro atoms. The Kier molecular flexibility index (Phi) is 6.37. The molecular formula is C20H16F4N2O3S. The Balaban J connectivity index is 1.67. The first-order valence-corrected chi connectivity index (χ1v) is 10.1. The smallest absolute Gasteiger partial charge is 0.370 e. The van der Waals surface area contributed by atoms with E-state index in [9.17, 15) is 26.0 Å². The lowest BCUT2D eigenvalue weighted by Gasteiger charge is -2.11. The summed E-state index contributed by atoms with van der Waals surface area (Å²) in [5.41, 5.74) is 0.0837. The molecule has 158 valence electrons. The number of anilines is 1. The van der Waals surface area contributed by atoms with Crippen molar-refractivity contribution in [2.45, 2.75) is 24.3 Å².